The summed E-state index contributed by atoms with van der Waals surface area (Å²) >= 11 is 0. The number of ketones is 3. The van der Waals surface area contributed by atoms with Gasteiger partial charge in [-0.25, -0.2) is 14.8 Å². The van der Waals surface area contributed by atoms with Gasteiger partial charge in [0.15, 0.2) is 5.78 Å². The summed E-state index contributed by atoms with van der Waals surface area (Å²) in [5.41, 5.74) is 7.70. The van der Waals surface area contributed by atoms with Crippen LogP contribution in [0.25, 0.3) is 11.1 Å². The SMILES string of the molecule is CO[C@H]1C[C@@H]2CC[C@@H](C)[C@@](O)(O2)C(=O)C(=O)N2CCCC[C@H]2C(=O)O[C@H]([C@H](C)C[C@@H]2CC[C@@H](OCc3cccc(-c4cnc(N5CCN(CC#C[Si](C)(C)C)C(CO[Si](c6ccccc6)(c6ccccc6)C(C)(C)C)C5)nc4)c3)[C@H](OC)C2)CC(=O)[C@H](C)/C=C(\C)[C@@H](O)[C@@H](OC)C(=O)[C@H](C)C[C@H](C)/C=C/C=C/C=C/1C. The number of amides is 1. The number of esters is 1. The van der Waals surface area contributed by atoms with E-state index in [1.165, 1.54) is 22.4 Å². The van der Waals surface area contributed by atoms with Crippen molar-refractivity contribution in [1.29, 1.82) is 0 Å². The van der Waals surface area contributed by atoms with Gasteiger partial charge in [0.1, 0.15) is 38.2 Å². The van der Waals surface area contributed by atoms with Gasteiger partial charge in [-0.1, -0.05) is 196 Å². The van der Waals surface area contributed by atoms with Gasteiger partial charge in [-0.2, -0.15) is 0 Å². The molecular weight excluding hydrogens is 1420 g/mol. The predicted octanol–water partition coefficient (Wildman–Crippen LogP) is 12.8. The van der Waals surface area contributed by atoms with Crippen molar-refractivity contribution < 1.29 is 67.0 Å². The zero-order valence-electron chi connectivity index (χ0n) is 68.3. The molecule has 21 heteroatoms. The smallest absolute Gasteiger partial charge is 0.329 e. The van der Waals surface area contributed by atoms with Crippen LogP contribution >= 0.6 is 0 Å². The lowest BCUT2D eigenvalue weighted by atomic mass is 9.78. The van der Waals surface area contributed by atoms with Crippen molar-refractivity contribution >= 4 is 61.9 Å². The number of allylic oxidation sites excluding steroid dienone is 6. The number of ether oxygens (including phenoxy) is 6. The first kappa shape index (κ1) is 87.1. The van der Waals surface area contributed by atoms with Crippen LogP contribution in [-0.4, -0.2) is 197 Å². The third kappa shape index (κ3) is 22.3. The Kier molecular flexibility index (Phi) is 31.4. The van der Waals surface area contributed by atoms with Crippen molar-refractivity contribution in [2.75, 3.05) is 65.6 Å². The Morgan fingerprint density at radius 2 is 1.45 bits per heavy atom. The molecule has 1 aromatic heterocycles. The molecule has 0 spiro atoms. The van der Waals surface area contributed by atoms with Gasteiger partial charge < -0.3 is 52.9 Å². The quantitative estimate of drug-likeness (QED) is 0.0329. The zero-order valence-corrected chi connectivity index (χ0v) is 70.3. The van der Waals surface area contributed by atoms with Crippen molar-refractivity contribution in [3.05, 3.63) is 150 Å². The van der Waals surface area contributed by atoms with E-state index in [9.17, 15) is 34.2 Å². The van der Waals surface area contributed by atoms with Crippen LogP contribution in [0.4, 0.5) is 5.95 Å². The van der Waals surface area contributed by atoms with Crippen molar-refractivity contribution in [3.8, 4) is 22.6 Å². The monoisotopic (exact) mass is 1540 g/mol. The summed E-state index contributed by atoms with van der Waals surface area (Å²) in [4.78, 5) is 88.8. The molecular formula is C89H125N5O14Si2. The maximum absolute atomic E-state index is 14.9. The number of piperazine rings is 1. The van der Waals surface area contributed by atoms with Crippen LogP contribution in [0, 0.1) is 47.0 Å². The summed E-state index contributed by atoms with van der Waals surface area (Å²) in [6.45, 7) is 30.4. The average Bonchev–Trinajstić information content (AvgIpc) is 0.736. The number of aliphatic hydroxyl groups excluding tert-OH is 1. The third-order valence-corrected chi connectivity index (χ3v) is 29.3. The molecule has 0 radical (unpaired) electrons. The van der Waals surface area contributed by atoms with E-state index >= 15 is 0 Å². The van der Waals surface area contributed by atoms with E-state index < -0.39 is 94.2 Å². The number of piperidine rings is 1. The normalized spacial score (nSPS) is 30.7. The Labute approximate surface area is 657 Å². The molecule has 4 aromatic rings. The van der Waals surface area contributed by atoms with Crippen LogP contribution in [0.2, 0.25) is 24.7 Å². The number of hydrogen-bond donors (Lipinski definition) is 2. The van der Waals surface area contributed by atoms with E-state index in [0.29, 0.717) is 95.6 Å². The molecule has 110 heavy (non-hydrogen) atoms. The van der Waals surface area contributed by atoms with Crippen LogP contribution < -0.4 is 15.3 Å². The molecule has 9 rings (SSSR count). The predicted molar refractivity (Wildman–Crippen MR) is 437 cm³/mol. The lowest BCUT2D eigenvalue weighted by Crippen LogP contribution is -2.68. The number of benzene rings is 3. The fourth-order valence-electron chi connectivity index (χ4n) is 16.8. The Morgan fingerprint density at radius 1 is 0.755 bits per heavy atom. The number of Topliss-reactive ketones (excluding diaryl/α,β-unsaturated/α-hetero) is 3. The summed E-state index contributed by atoms with van der Waals surface area (Å²) in [7, 11) is 0.232. The second-order valence-corrected chi connectivity index (χ2v) is 43.0. The second-order valence-electron chi connectivity index (χ2n) is 33.9. The molecule has 1 amide bonds. The van der Waals surface area contributed by atoms with E-state index in [0.717, 1.165) is 41.8 Å². The van der Waals surface area contributed by atoms with E-state index in [1.807, 2.05) is 76.5 Å². The van der Waals surface area contributed by atoms with Crippen LogP contribution in [-0.2, 0) is 63.4 Å². The molecule has 5 aliphatic rings. The molecule has 3 aromatic carbocycles. The largest absolute Gasteiger partial charge is 0.460 e. The molecule has 4 fully saturated rings. The molecule has 1 aliphatic carbocycles. The highest BCUT2D eigenvalue weighted by atomic mass is 28.4. The van der Waals surface area contributed by atoms with Crippen LogP contribution in [0.15, 0.2) is 145 Å². The molecule has 5 heterocycles. The highest BCUT2D eigenvalue weighted by Gasteiger charge is 2.54. The lowest BCUT2D eigenvalue weighted by molar-refractivity contribution is -0.265. The summed E-state index contributed by atoms with van der Waals surface area (Å²) in [6, 6.07) is 28.7. The number of aromatic nitrogens is 2. The number of hydrogen-bond acceptors (Lipinski definition) is 18. The van der Waals surface area contributed by atoms with Crippen molar-refractivity contribution in [1.82, 2.24) is 19.8 Å². The number of fused-ring (bicyclic) bond motifs is 3. The molecule has 16 atom stereocenters. The first-order valence-electron chi connectivity index (χ1n) is 40.1. The number of aliphatic hydroxyl groups is 2. The number of rotatable bonds is 17. The van der Waals surface area contributed by atoms with Gasteiger partial charge in [-0.05, 0) is 140 Å². The minimum Gasteiger partial charge on any atom is -0.460 e. The summed E-state index contributed by atoms with van der Waals surface area (Å²) in [5.74, 6) is -3.97. The van der Waals surface area contributed by atoms with Crippen LogP contribution in [0.5, 0.6) is 0 Å². The van der Waals surface area contributed by atoms with Gasteiger partial charge in [0.25, 0.3) is 20.0 Å². The number of nitrogens with zero attached hydrogens (tertiary/aromatic N) is 5. The van der Waals surface area contributed by atoms with Gasteiger partial charge in [0.2, 0.25) is 11.7 Å². The fraction of sp³-hybridized carbons (Fsp3) is 0.584. The van der Waals surface area contributed by atoms with E-state index in [1.54, 1.807) is 41.1 Å². The Morgan fingerprint density at radius 3 is 2.11 bits per heavy atom. The van der Waals surface area contributed by atoms with Gasteiger partial charge in [-0.3, -0.25) is 24.1 Å². The summed E-state index contributed by atoms with van der Waals surface area (Å²) < 4.78 is 44.9. The first-order chi connectivity index (χ1) is 52.4. The van der Waals surface area contributed by atoms with E-state index in [-0.39, 0.29) is 72.0 Å². The van der Waals surface area contributed by atoms with Crippen molar-refractivity contribution in [2.45, 2.75) is 238 Å². The minimum atomic E-state index is -2.84. The summed E-state index contributed by atoms with van der Waals surface area (Å²) in [5, 5.41) is 26.3. The molecule has 19 nitrogen and oxygen atoms in total. The van der Waals surface area contributed by atoms with Gasteiger partial charge in [-0.15, -0.1) is 5.54 Å². The van der Waals surface area contributed by atoms with Gasteiger partial charge in [0, 0.05) is 96.1 Å². The highest BCUT2D eigenvalue weighted by Crippen LogP contribution is 2.41. The van der Waals surface area contributed by atoms with Crippen LogP contribution in [0.1, 0.15) is 152 Å². The molecule has 2 bridgehead atoms. The fourth-order valence-corrected chi connectivity index (χ4v) is 22.0. The molecule has 3 saturated heterocycles. The Hall–Kier alpha value is -6.92. The molecule has 4 aliphatic heterocycles. The molecule has 598 valence electrons. The van der Waals surface area contributed by atoms with E-state index in [4.69, 9.17) is 42.8 Å². The number of carbonyl (C=O) groups excluding carboxylic acids is 5. The van der Waals surface area contributed by atoms with Crippen molar-refractivity contribution in [2.24, 2.45) is 35.5 Å². The van der Waals surface area contributed by atoms with Crippen molar-refractivity contribution in [3.63, 3.8) is 0 Å². The van der Waals surface area contributed by atoms with Gasteiger partial charge in [0.05, 0.1) is 50.2 Å². The topological polar surface area (TPSA) is 226 Å². The Bertz CT molecular complexity index is 3860. The second kappa shape index (κ2) is 39.7. The van der Waals surface area contributed by atoms with Crippen LogP contribution in [0.3, 0.4) is 0 Å². The molecule has 1 saturated carbocycles. The average molecular weight is 1550 g/mol. The number of methoxy groups -OCH3 is 3. The maximum Gasteiger partial charge on any atom is 0.329 e. The number of cyclic esters (lactones) is 1. The highest BCUT2D eigenvalue weighted by molar-refractivity contribution is 6.99. The maximum atomic E-state index is 14.9. The van der Waals surface area contributed by atoms with E-state index in [2.05, 4.69) is 141 Å². The zero-order chi connectivity index (χ0) is 79.7. The van der Waals surface area contributed by atoms with Gasteiger partial charge >= 0.3 is 5.97 Å². The number of anilines is 1. The first-order valence-corrected chi connectivity index (χ1v) is 45.5. The molecule has 1 unspecified atom stereocenters. The molecule has 2 N–H and O–H groups in total. The third-order valence-electron chi connectivity index (χ3n) is 23.4. The Balaban J connectivity index is 0.882. The summed E-state index contributed by atoms with van der Waals surface area (Å²) in [6.07, 6.45) is 15.4. The lowest BCUT2D eigenvalue weighted by Gasteiger charge is -2.46. The number of carbonyl (C=O) groups is 5. The minimum absolute atomic E-state index is 0.00328. The standard InChI is InChI=1S/C89H125N5O14Si2/c1-60-30-20-17-21-31-61(2)78(102-11)53-72-41-39-66(7)89(101,108-72)84(98)85(99)94-44-27-26-38-75(94)86(100)107-79(54-76(95)62(3)49-65(6)82(97)83(104-13)81(96)64(5)48-60)63(4)50-67-40-42-77(80(52-67)103-12)105-58-68-32-28-33-69(51-68)70-55-90-87(91-56-70)93-46-45-92(43-29-47-109(14,15)16)71(57-93)59-106-110(88(8,9)10,73-34-22-18-23-35-73)74-36-24-19-25-37-74/h17-25,28,30-37,49,51,55-56,60,62-64,66-67,71-72,75,77-80,82-83,97,101H,26-27,38-46,48,50,52-54,57-59H2,1-16H3/b21-17+,30-20+,61-31+,65-49+/t60-,62-,63-,64-,66-,67+,71?,72+,75+,77-,78+,79+,80-,82-,83+,89-/m1/s1.